The van der Waals surface area contributed by atoms with Crippen LogP contribution in [0.5, 0.6) is 0 Å². The maximum absolute atomic E-state index is 12.3. The third-order valence-electron chi connectivity index (χ3n) is 4.48. The van der Waals surface area contributed by atoms with Crippen LogP contribution in [0.25, 0.3) is 22.9 Å². The first-order chi connectivity index (χ1) is 12.5. The highest BCUT2D eigenvalue weighted by molar-refractivity contribution is 5.62. The van der Waals surface area contributed by atoms with E-state index in [2.05, 4.69) is 20.0 Å². The number of hydrogen-bond acceptors (Lipinski definition) is 7. The summed E-state index contributed by atoms with van der Waals surface area (Å²) >= 11 is 0. The van der Waals surface area contributed by atoms with Crippen LogP contribution in [0.2, 0.25) is 0 Å². The molecule has 0 saturated carbocycles. The molecule has 26 heavy (non-hydrogen) atoms. The normalized spacial score (nSPS) is 14.8. The standard InChI is InChI=1S/C17H18N6O3/c1-21-16(24)13-15(19-17(21)25)22(2)20-14(18-13)11-3-5-12(6-4-11)23-7-9-26-10-8-23/h3-6H,7-10H2,1-2H3. The lowest BCUT2D eigenvalue weighted by Crippen LogP contribution is -2.36. The van der Waals surface area contributed by atoms with Crippen LogP contribution in [0.3, 0.4) is 0 Å². The maximum atomic E-state index is 12.3. The molecule has 0 bridgehead atoms. The summed E-state index contributed by atoms with van der Waals surface area (Å²) < 4.78 is 7.73. The monoisotopic (exact) mass is 354 g/mol. The molecule has 0 N–H and O–H groups in total. The number of fused-ring (bicyclic) bond motifs is 1. The van der Waals surface area contributed by atoms with Crippen molar-refractivity contribution in [3.05, 3.63) is 45.1 Å². The van der Waals surface area contributed by atoms with Crippen molar-refractivity contribution in [2.24, 2.45) is 14.1 Å². The second-order valence-electron chi connectivity index (χ2n) is 6.14. The van der Waals surface area contributed by atoms with Crippen LogP contribution < -0.4 is 16.1 Å². The molecule has 4 rings (SSSR count). The predicted octanol–water partition coefficient (Wildman–Crippen LogP) is -0.123. The smallest absolute Gasteiger partial charge is 0.352 e. The number of aromatic nitrogens is 5. The first kappa shape index (κ1) is 16.4. The Kier molecular flexibility index (Phi) is 4.00. The summed E-state index contributed by atoms with van der Waals surface area (Å²) in [5, 5.41) is 4.35. The topological polar surface area (TPSA) is 95.1 Å². The van der Waals surface area contributed by atoms with Crippen LogP contribution in [-0.2, 0) is 18.8 Å². The Morgan fingerprint density at radius 3 is 2.38 bits per heavy atom. The van der Waals surface area contributed by atoms with Gasteiger partial charge in [-0.3, -0.25) is 9.36 Å². The zero-order valence-electron chi connectivity index (χ0n) is 14.5. The SMILES string of the molecule is Cn1nc(-c2ccc(N3CCOCC3)cc2)nc2c(=O)n(C)c(=O)nc1-2. The van der Waals surface area contributed by atoms with Gasteiger partial charge in [0.15, 0.2) is 17.3 Å². The number of nitrogens with zero attached hydrogens (tertiary/aromatic N) is 6. The Balaban J connectivity index is 1.76. The Morgan fingerprint density at radius 2 is 1.69 bits per heavy atom. The molecule has 0 spiro atoms. The molecule has 3 heterocycles. The molecule has 1 aromatic carbocycles. The first-order valence-electron chi connectivity index (χ1n) is 8.30. The van der Waals surface area contributed by atoms with E-state index in [0.717, 1.165) is 42.1 Å². The second kappa shape index (κ2) is 6.34. The average Bonchev–Trinajstić information content (AvgIpc) is 2.68. The minimum Gasteiger partial charge on any atom is -0.378 e. The molecular formula is C17H18N6O3. The number of hydrogen-bond donors (Lipinski definition) is 0. The molecule has 0 atom stereocenters. The van der Waals surface area contributed by atoms with Crippen LogP contribution in [-0.4, -0.2) is 50.6 Å². The van der Waals surface area contributed by atoms with Crippen molar-refractivity contribution in [3.63, 3.8) is 0 Å². The average molecular weight is 354 g/mol. The fourth-order valence-corrected chi connectivity index (χ4v) is 2.97. The summed E-state index contributed by atoms with van der Waals surface area (Å²) in [6.45, 7) is 3.17. The summed E-state index contributed by atoms with van der Waals surface area (Å²) in [6, 6.07) is 7.86. The number of benzene rings is 1. The van der Waals surface area contributed by atoms with Gasteiger partial charge in [0, 0.05) is 38.4 Å². The molecule has 0 aromatic heterocycles. The summed E-state index contributed by atoms with van der Waals surface area (Å²) in [7, 11) is 3.03. The molecule has 1 aromatic rings. The fourth-order valence-electron chi connectivity index (χ4n) is 2.97. The molecule has 9 heteroatoms. The second-order valence-corrected chi connectivity index (χ2v) is 6.14. The van der Waals surface area contributed by atoms with Gasteiger partial charge in [-0.25, -0.2) is 14.5 Å². The van der Waals surface area contributed by atoms with Gasteiger partial charge in [0.05, 0.1) is 13.2 Å². The predicted molar refractivity (Wildman–Crippen MR) is 95.4 cm³/mol. The Bertz CT molecular complexity index is 1030. The van der Waals surface area contributed by atoms with E-state index in [1.54, 1.807) is 7.05 Å². The van der Waals surface area contributed by atoms with Crippen molar-refractivity contribution in [2.75, 3.05) is 31.2 Å². The van der Waals surface area contributed by atoms with E-state index < -0.39 is 11.2 Å². The largest absolute Gasteiger partial charge is 0.378 e. The van der Waals surface area contributed by atoms with E-state index in [0.29, 0.717) is 5.82 Å². The Morgan fingerprint density at radius 1 is 1.00 bits per heavy atom. The molecule has 1 saturated heterocycles. The summed E-state index contributed by atoms with van der Waals surface area (Å²) in [5.41, 5.74) is 0.911. The zero-order valence-corrected chi connectivity index (χ0v) is 14.5. The lowest BCUT2D eigenvalue weighted by atomic mass is 10.1. The lowest BCUT2D eigenvalue weighted by molar-refractivity contribution is 0.122. The van der Waals surface area contributed by atoms with Gasteiger partial charge in [0.1, 0.15) is 0 Å². The third-order valence-corrected chi connectivity index (χ3v) is 4.48. The Hall–Kier alpha value is -3.07. The van der Waals surface area contributed by atoms with Crippen molar-refractivity contribution in [1.82, 2.24) is 24.3 Å². The highest BCUT2D eigenvalue weighted by Crippen LogP contribution is 2.22. The van der Waals surface area contributed by atoms with Gasteiger partial charge in [0.2, 0.25) is 0 Å². The van der Waals surface area contributed by atoms with E-state index in [9.17, 15) is 9.59 Å². The molecule has 0 aliphatic carbocycles. The van der Waals surface area contributed by atoms with Crippen molar-refractivity contribution < 1.29 is 4.74 Å². The number of aryl methyl sites for hydroxylation is 1. The van der Waals surface area contributed by atoms with Crippen molar-refractivity contribution in [1.29, 1.82) is 0 Å². The van der Waals surface area contributed by atoms with Crippen LogP contribution in [0.15, 0.2) is 33.9 Å². The maximum Gasteiger partial charge on any atom is 0.352 e. The molecule has 9 nitrogen and oxygen atoms in total. The number of ether oxygens (including phenoxy) is 1. The van der Waals surface area contributed by atoms with E-state index in [-0.39, 0.29) is 11.5 Å². The van der Waals surface area contributed by atoms with Crippen molar-refractivity contribution >= 4 is 5.69 Å². The summed E-state index contributed by atoms with van der Waals surface area (Å²) in [4.78, 5) is 34.5. The van der Waals surface area contributed by atoms with E-state index >= 15 is 0 Å². The van der Waals surface area contributed by atoms with Crippen LogP contribution in [0.1, 0.15) is 0 Å². The fraction of sp³-hybridized carbons (Fsp3) is 0.353. The van der Waals surface area contributed by atoms with Gasteiger partial charge < -0.3 is 9.64 Å². The molecule has 0 unspecified atom stereocenters. The number of rotatable bonds is 2. The van der Waals surface area contributed by atoms with Crippen LogP contribution >= 0.6 is 0 Å². The summed E-state index contributed by atoms with van der Waals surface area (Å²) in [5.74, 6) is 0.581. The molecule has 0 amide bonds. The molecule has 0 radical (unpaired) electrons. The molecule has 134 valence electrons. The highest BCUT2D eigenvalue weighted by Gasteiger charge is 2.19. The van der Waals surface area contributed by atoms with Crippen molar-refractivity contribution in [2.45, 2.75) is 0 Å². The van der Waals surface area contributed by atoms with E-state index in [1.165, 1.54) is 11.7 Å². The van der Waals surface area contributed by atoms with Crippen molar-refractivity contribution in [3.8, 4) is 22.9 Å². The van der Waals surface area contributed by atoms with Gasteiger partial charge >= 0.3 is 5.69 Å². The highest BCUT2D eigenvalue weighted by atomic mass is 16.5. The van der Waals surface area contributed by atoms with Crippen LogP contribution in [0, 0.1) is 0 Å². The molecular weight excluding hydrogens is 336 g/mol. The van der Waals surface area contributed by atoms with E-state index in [1.807, 2.05) is 24.3 Å². The summed E-state index contributed by atoms with van der Waals surface area (Å²) in [6.07, 6.45) is 0. The van der Waals surface area contributed by atoms with Gasteiger partial charge in [-0.1, -0.05) is 0 Å². The molecule has 3 aliphatic heterocycles. The first-order valence-corrected chi connectivity index (χ1v) is 8.30. The quantitative estimate of drug-likeness (QED) is 0.633. The van der Waals surface area contributed by atoms with Gasteiger partial charge in [-0.2, -0.15) is 10.1 Å². The molecule has 1 fully saturated rings. The number of anilines is 1. The van der Waals surface area contributed by atoms with E-state index in [4.69, 9.17) is 4.74 Å². The molecule has 3 aliphatic rings. The lowest BCUT2D eigenvalue weighted by Gasteiger charge is -2.28. The van der Waals surface area contributed by atoms with Gasteiger partial charge in [-0.15, -0.1) is 0 Å². The van der Waals surface area contributed by atoms with Gasteiger partial charge in [-0.05, 0) is 24.3 Å². The minimum absolute atomic E-state index is 0.122. The Labute approximate surface area is 148 Å². The minimum atomic E-state index is -0.621. The third kappa shape index (κ3) is 2.76. The van der Waals surface area contributed by atoms with Crippen LogP contribution in [0.4, 0.5) is 5.69 Å². The zero-order chi connectivity index (χ0) is 18.3. The number of morpholine rings is 1. The van der Waals surface area contributed by atoms with Gasteiger partial charge in [0.25, 0.3) is 5.56 Å².